The number of benzene rings is 1. The van der Waals surface area contributed by atoms with Gasteiger partial charge in [0.1, 0.15) is 0 Å². The van der Waals surface area contributed by atoms with Gasteiger partial charge in [-0.05, 0) is 36.2 Å². The second-order valence-corrected chi connectivity index (χ2v) is 5.03. The lowest BCUT2D eigenvalue weighted by Gasteiger charge is -2.12. The Labute approximate surface area is 126 Å². The Bertz CT molecular complexity index is 584. The highest BCUT2D eigenvalue weighted by atomic mass is 35.5. The molecule has 6 heteroatoms. The van der Waals surface area contributed by atoms with E-state index in [4.69, 9.17) is 27.6 Å². The quantitative estimate of drug-likeness (QED) is 0.888. The number of hydrogen-bond donors (Lipinski definition) is 2. The third kappa shape index (κ3) is 3.76. The number of aliphatic hydroxyl groups excluding tert-OH is 1. The number of furan rings is 1. The predicted molar refractivity (Wildman–Crippen MR) is 77.1 cm³/mol. The van der Waals surface area contributed by atoms with E-state index >= 15 is 0 Å². The van der Waals surface area contributed by atoms with Crippen molar-refractivity contribution in [3.63, 3.8) is 0 Å². The number of hydrogen-bond acceptors (Lipinski definition) is 3. The van der Waals surface area contributed by atoms with Crippen molar-refractivity contribution in [2.24, 2.45) is 0 Å². The van der Waals surface area contributed by atoms with Crippen LogP contribution < -0.4 is 5.32 Å². The van der Waals surface area contributed by atoms with E-state index in [1.165, 1.54) is 6.26 Å². The molecule has 0 spiro atoms. The van der Waals surface area contributed by atoms with E-state index in [0.29, 0.717) is 28.6 Å². The van der Waals surface area contributed by atoms with Crippen molar-refractivity contribution in [3.05, 3.63) is 58.0 Å². The van der Waals surface area contributed by atoms with Crippen LogP contribution in [0.5, 0.6) is 0 Å². The molecule has 0 fully saturated rings. The van der Waals surface area contributed by atoms with E-state index in [1.54, 1.807) is 30.3 Å². The van der Waals surface area contributed by atoms with E-state index in [2.05, 4.69) is 5.32 Å². The molecule has 0 saturated heterocycles. The average molecular weight is 314 g/mol. The Morgan fingerprint density at radius 3 is 2.75 bits per heavy atom. The molecule has 2 rings (SSSR count). The minimum Gasteiger partial charge on any atom is -0.459 e. The normalized spacial score (nSPS) is 12.2. The molecule has 106 valence electrons. The van der Waals surface area contributed by atoms with Crippen molar-refractivity contribution < 1.29 is 14.3 Å². The van der Waals surface area contributed by atoms with Crippen molar-refractivity contribution >= 4 is 29.1 Å². The third-order valence-corrected chi connectivity index (χ3v) is 3.52. The fourth-order valence-electron chi connectivity index (χ4n) is 1.70. The molecule has 0 unspecified atom stereocenters. The molecule has 20 heavy (non-hydrogen) atoms. The van der Waals surface area contributed by atoms with Crippen LogP contribution >= 0.6 is 23.2 Å². The highest BCUT2D eigenvalue weighted by Crippen LogP contribution is 2.26. The van der Waals surface area contributed by atoms with Gasteiger partial charge in [-0.25, -0.2) is 0 Å². The lowest BCUT2D eigenvalue weighted by atomic mass is 10.1. The van der Waals surface area contributed by atoms with Crippen LogP contribution in [-0.2, 0) is 0 Å². The molecule has 1 amide bonds. The van der Waals surface area contributed by atoms with E-state index in [-0.39, 0.29) is 11.7 Å². The maximum Gasteiger partial charge on any atom is 0.286 e. The molecule has 0 aliphatic rings. The van der Waals surface area contributed by atoms with Gasteiger partial charge in [0.05, 0.1) is 22.4 Å². The molecule has 1 aromatic heterocycles. The number of amides is 1. The van der Waals surface area contributed by atoms with Gasteiger partial charge in [0.25, 0.3) is 5.91 Å². The number of rotatable bonds is 5. The van der Waals surface area contributed by atoms with Gasteiger partial charge in [-0.15, -0.1) is 0 Å². The van der Waals surface area contributed by atoms with Crippen LogP contribution in [0.2, 0.25) is 10.0 Å². The van der Waals surface area contributed by atoms with Crippen LogP contribution in [0.4, 0.5) is 0 Å². The lowest BCUT2D eigenvalue weighted by molar-refractivity contribution is 0.0915. The fourth-order valence-corrected chi connectivity index (χ4v) is 2.01. The predicted octanol–water partition coefficient (Wildman–Crippen LogP) is 3.44. The zero-order chi connectivity index (χ0) is 14.5. The Kier molecular flexibility index (Phi) is 5.06. The van der Waals surface area contributed by atoms with E-state index in [0.717, 1.165) is 0 Å². The van der Waals surface area contributed by atoms with Crippen molar-refractivity contribution in [1.29, 1.82) is 0 Å². The van der Waals surface area contributed by atoms with Crippen LogP contribution in [0.1, 0.15) is 28.6 Å². The molecule has 4 nitrogen and oxygen atoms in total. The van der Waals surface area contributed by atoms with Gasteiger partial charge in [0.15, 0.2) is 5.76 Å². The van der Waals surface area contributed by atoms with Gasteiger partial charge in [0.2, 0.25) is 0 Å². The summed E-state index contributed by atoms with van der Waals surface area (Å²) in [5.41, 5.74) is 0.659. The summed E-state index contributed by atoms with van der Waals surface area (Å²) < 4.78 is 4.96. The monoisotopic (exact) mass is 313 g/mol. The zero-order valence-electron chi connectivity index (χ0n) is 10.5. The van der Waals surface area contributed by atoms with Crippen LogP contribution in [0.15, 0.2) is 41.0 Å². The zero-order valence-corrected chi connectivity index (χ0v) is 12.0. The standard InChI is InChI=1S/C14H13Cl2NO3/c15-10-4-3-9(8-11(10)16)12(18)5-6-17-14(19)13-2-1-7-20-13/h1-4,7-8,12,18H,5-6H2,(H,17,19)/t12-/m0/s1. The van der Waals surface area contributed by atoms with Crippen LogP contribution in [-0.4, -0.2) is 17.6 Å². The highest BCUT2D eigenvalue weighted by Gasteiger charge is 2.12. The second kappa shape index (κ2) is 6.79. The van der Waals surface area contributed by atoms with Gasteiger partial charge in [0, 0.05) is 6.54 Å². The number of halogens is 2. The Morgan fingerprint density at radius 2 is 2.10 bits per heavy atom. The summed E-state index contributed by atoms with van der Waals surface area (Å²) in [6.07, 6.45) is 1.07. The molecule has 0 bridgehead atoms. The van der Waals surface area contributed by atoms with Crippen molar-refractivity contribution in [2.45, 2.75) is 12.5 Å². The number of nitrogens with one attached hydrogen (secondary N) is 1. The van der Waals surface area contributed by atoms with Gasteiger partial charge in [-0.1, -0.05) is 29.3 Å². The van der Waals surface area contributed by atoms with Gasteiger partial charge in [-0.3, -0.25) is 4.79 Å². The molecule has 1 heterocycles. The van der Waals surface area contributed by atoms with Crippen molar-refractivity contribution in [3.8, 4) is 0 Å². The molecule has 2 N–H and O–H groups in total. The first-order chi connectivity index (χ1) is 9.58. The van der Waals surface area contributed by atoms with Gasteiger partial charge < -0.3 is 14.8 Å². The average Bonchev–Trinajstić information content (AvgIpc) is 2.95. The first kappa shape index (κ1) is 14.9. The summed E-state index contributed by atoms with van der Waals surface area (Å²) in [5.74, 6) is -0.0645. The van der Waals surface area contributed by atoms with Gasteiger partial charge >= 0.3 is 0 Å². The summed E-state index contributed by atoms with van der Waals surface area (Å²) in [6, 6.07) is 8.16. The molecule has 1 atom stereocenters. The number of carbonyl (C=O) groups excluding carboxylic acids is 1. The largest absolute Gasteiger partial charge is 0.459 e. The van der Waals surface area contributed by atoms with Gasteiger partial charge in [-0.2, -0.15) is 0 Å². The van der Waals surface area contributed by atoms with E-state index in [1.807, 2.05) is 0 Å². The molecule has 2 aromatic rings. The maximum atomic E-state index is 11.6. The third-order valence-electron chi connectivity index (χ3n) is 2.78. The molecule has 0 aliphatic heterocycles. The molecule has 0 aliphatic carbocycles. The first-order valence-electron chi connectivity index (χ1n) is 6.02. The number of carbonyl (C=O) groups is 1. The molecule has 1 aromatic carbocycles. The minimum atomic E-state index is -0.721. The second-order valence-electron chi connectivity index (χ2n) is 4.21. The Balaban J connectivity index is 1.84. The first-order valence-corrected chi connectivity index (χ1v) is 6.78. The van der Waals surface area contributed by atoms with Crippen molar-refractivity contribution in [1.82, 2.24) is 5.32 Å². The SMILES string of the molecule is O=C(NCC[C@H](O)c1ccc(Cl)c(Cl)c1)c1ccco1. The van der Waals surface area contributed by atoms with E-state index < -0.39 is 6.10 Å². The highest BCUT2D eigenvalue weighted by molar-refractivity contribution is 6.42. The summed E-state index contributed by atoms with van der Waals surface area (Å²) in [4.78, 5) is 11.6. The summed E-state index contributed by atoms with van der Waals surface area (Å²) in [6.45, 7) is 0.320. The summed E-state index contributed by atoms with van der Waals surface area (Å²) in [7, 11) is 0. The summed E-state index contributed by atoms with van der Waals surface area (Å²) in [5, 5.41) is 13.5. The molecular weight excluding hydrogens is 301 g/mol. The van der Waals surface area contributed by atoms with E-state index in [9.17, 15) is 9.90 Å². The van der Waals surface area contributed by atoms with Crippen LogP contribution in [0, 0.1) is 0 Å². The molecule has 0 saturated carbocycles. The van der Waals surface area contributed by atoms with Crippen LogP contribution in [0.25, 0.3) is 0 Å². The molecule has 0 radical (unpaired) electrons. The van der Waals surface area contributed by atoms with Crippen molar-refractivity contribution in [2.75, 3.05) is 6.54 Å². The smallest absolute Gasteiger partial charge is 0.286 e. The molecular formula is C14H13Cl2NO3. The Hall–Kier alpha value is -1.49. The lowest BCUT2D eigenvalue weighted by Crippen LogP contribution is -2.25. The van der Waals surface area contributed by atoms with Crippen LogP contribution in [0.3, 0.4) is 0 Å². The fraction of sp³-hybridized carbons (Fsp3) is 0.214. The topological polar surface area (TPSA) is 62.5 Å². The number of aliphatic hydroxyl groups is 1. The maximum absolute atomic E-state index is 11.6. The Morgan fingerprint density at radius 1 is 1.30 bits per heavy atom. The summed E-state index contributed by atoms with van der Waals surface area (Å²) >= 11 is 11.7. The minimum absolute atomic E-state index is 0.244.